The van der Waals surface area contributed by atoms with Gasteiger partial charge in [0.15, 0.2) is 17.5 Å². The number of hydrogen-bond acceptors (Lipinski definition) is 4. The first-order valence-electron chi connectivity index (χ1n) is 17.8. The zero-order valence-electron chi connectivity index (χ0n) is 29.5. The summed E-state index contributed by atoms with van der Waals surface area (Å²) in [7, 11) is 0. The van der Waals surface area contributed by atoms with E-state index in [0.717, 1.165) is 44.5 Å². The van der Waals surface area contributed by atoms with Gasteiger partial charge in [-0.15, -0.1) is 0 Å². The Morgan fingerprint density at radius 3 is 1.42 bits per heavy atom. The Kier molecular flexibility index (Phi) is 7.83. The van der Waals surface area contributed by atoms with E-state index in [-0.39, 0.29) is 5.41 Å². The van der Waals surface area contributed by atoms with Crippen LogP contribution in [0.2, 0.25) is 0 Å². The summed E-state index contributed by atoms with van der Waals surface area (Å²) < 4.78 is 0. The summed E-state index contributed by atoms with van der Waals surface area (Å²) in [5.74, 6) is 1.91. The van der Waals surface area contributed by atoms with E-state index in [1.54, 1.807) is 0 Å². The first-order chi connectivity index (χ1) is 26.0. The lowest BCUT2D eigenvalue weighted by molar-refractivity contribution is 0.660. The molecule has 0 spiro atoms. The zero-order valence-corrected chi connectivity index (χ0v) is 29.5. The van der Waals surface area contributed by atoms with E-state index >= 15 is 0 Å². The second-order valence-electron chi connectivity index (χ2n) is 13.9. The molecule has 0 saturated carbocycles. The summed E-state index contributed by atoms with van der Waals surface area (Å²) in [5, 5.41) is 9.79. The summed E-state index contributed by atoms with van der Waals surface area (Å²) in [5.41, 5.74) is 15.1. The molecule has 8 aromatic rings. The fraction of sp³-hybridized carbons (Fsp3) is 0.0612. The van der Waals surface area contributed by atoms with Crippen molar-refractivity contribution < 1.29 is 0 Å². The maximum Gasteiger partial charge on any atom is 0.164 e. The van der Waals surface area contributed by atoms with Gasteiger partial charge < -0.3 is 0 Å². The van der Waals surface area contributed by atoms with E-state index in [1.807, 2.05) is 84.9 Å². The average Bonchev–Trinajstić information content (AvgIpc) is 3.47. The molecule has 4 nitrogen and oxygen atoms in total. The van der Waals surface area contributed by atoms with Crippen molar-refractivity contribution in [3.8, 4) is 84.7 Å². The smallest absolute Gasteiger partial charge is 0.164 e. The Hall–Kier alpha value is -6.96. The highest BCUT2D eigenvalue weighted by Crippen LogP contribution is 2.54. The van der Waals surface area contributed by atoms with Crippen molar-refractivity contribution in [2.45, 2.75) is 19.3 Å². The number of benzene rings is 7. The molecule has 0 amide bonds. The highest BCUT2D eigenvalue weighted by molar-refractivity contribution is 6.00. The molecule has 53 heavy (non-hydrogen) atoms. The summed E-state index contributed by atoms with van der Waals surface area (Å²) in [6.07, 6.45) is 0. The fourth-order valence-corrected chi connectivity index (χ4v) is 7.72. The maximum atomic E-state index is 9.79. The summed E-state index contributed by atoms with van der Waals surface area (Å²) in [4.78, 5) is 14.8. The predicted molar refractivity (Wildman–Crippen MR) is 215 cm³/mol. The Labute approximate surface area is 309 Å². The third-order valence-electron chi connectivity index (χ3n) is 10.4. The minimum absolute atomic E-state index is 0.139. The van der Waals surface area contributed by atoms with Crippen molar-refractivity contribution in [3.63, 3.8) is 0 Å². The number of hydrogen-bond donors (Lipinski definition) is 0. The minimum atomic E-state index is -0.139. The maximum absolute atomic E-state index is 9.79. The molecule has 0 saturated heterocycles. The van der Waals surface area contributed by atoms with Crippen molar-refractivity contribution >= 4 is 0 Å². The second kappa shape index (κ2) is 13.0. The third-order valence-corrected chi connectivity index (χ3v) is 10.4. The summed E-state index contributed by atoms with van der Waals surface area (Å²) >= 11 is 0. The largest absolute Gasteiger partial charge is 0.208 e. The summed E-state index contributed by atoms with van der Waals surface area (Å²) in [6, 6.07) is 60.9. The Bertz CT molecular complexity index is 2610. The van der Waals surface area contributed by atoms with Crippen LogP contribution in [-0.2, 0) is 5.41 Å². The second-order valence-corrected chi connectivity index (χ2v) is 13.9. The number of rotatable bonds is 6. The van der Waals surface area contributed by atoms with Crippen LogP contribution < -0.4 is 0 Å². The van der Waals surface area contributed by atoms with Crippen LogP contribution in [0.25, 0.3) is 78.7 Å². The fourth-order valence-electron chi connectivity index (χ4n) is 7.72. The molecule has 7 aromatic carbocycles. The van der Waals surface area contributed by atoms with Crippen molar-refractivity contribution in [2.75, 3.05) is 0 Å². The van der Waals surface area contributed by atoms with E-state index in [1.165, 1.54) is 27.8 Å². The molecule has 0 N–H and O–H groups in total. The van der Waals surface area contributed by atoms with Gasteiger partial charge in [0.1, 0.15) is 0 Å². The van der Waals surface area contributed by atoms with Gasteiger partial charge in [-0.1, -0.05) is 178 Å². The number of aromatic nitrogens is 3. The lowest BCUT2D eigenvalue weighted by atomic mass is 9.80. The highest BCUT2D eigenvalue weighted by Gasteiger charge is 2.37. The van der Waals surface area contributed by atoms with Crippen LogP contribution in [0.1, 0.15) is 30.5 Å². The third kappa shape index (κ3) is 5.60. The van der Waals surface area contributed by atoms with Gasteiger partial charge in [-0.25, -0.2) is 15.0 Å². The van der Waals surface area contributed by atoms with Crippen LogP contribution in [0.4, 0.5) is 0 Å². The molecule has 1 heterocycles. The zero-order chi connectivity index (χ0) is 35.9. The summed E-state index contributed by atoms with van der Waals surface area (Å²) in [6.45, 7) is 4.64. The number of fused-ring (bicyclic) bond motifs is 3. The van der Waals surface area contributed by atoms with Gasteiger partial charge in [0.25, 0.3) is 0 Å². The predicted octanol–water partition coefficient (Wildman–Crippen LogP) is 12.1. The topological polar surface area (TPSA) is 62.5 Å². The van der Waals surface area contributed by atoms with Crippen LogP contribution in [0.3, 0.4) is 0 Å². The molecule has 0 bridgehead atoms. The monoisotopic (exact) mass is 678 g/mol. The number of nitrogens with zero attached hydrogens (tertiary/aromatic N) is 4. The SMILES string of the molecule is CC1(C)c2ccccc2-c2c1ccc(-c1ccc(-c3nc(-c4ccccc4)nc(-c4ccccc4)n3)cc1)c2-c1ccc(-c2ccccc2C#N)cc1. The van der Waals surface area contributed by atoms with Crippen molar-refractivity contribution in [2.24, 2.45) is 0 Å². The number of nitriles is 1. The standard InChI is InChI=1S/C49H34N4/c1-49(2)42-20-12-11-19-41(42)45-43(49)30-29-40(44(45)34-25-21-32(22-26-34)39-18-10-9-17-38(39)31-50)33-23-27-37(28-24-33)48-52-46(35-13-5-3-6-14-35)51-47(53-48)36-15-7-4-8-16-36/h3-30H,1-2H3. The van der Waals surface area contributed by atoms with Crippen LogP contribution in [0.15, 0.2) is 170 Å². The van der Waals surface area contributed by atoms with Crippen LogP contribution in [-0.4, -0.2) is 15.0 Å². The first-order valence-corrected chi connectivity index (χ1v) is 17.8. The molecule has 0 unspecified atom stereocenters. The minimum Gasteiger partial charge on any atom is -0.208 e. The normalized spacial score (nSPS) is 12.5. The molecule has 0 fully saturated rings. The quantitative estimate of drug-likeness (QED) is 0.176. The molecular formula is C49H34N4. The van der Waals surface area contributed by atoms with Crippen molar-refractivity contribution in [1.82, 2.24) is 15.0 Å². The van der Waals surface area contributed by atoms with Crippen molar-refractivity contribution in [1.29, 1.82) is 5.26 Å². The molecule has 250 valence electrons. The lowest BCUT2D eigenvalue weighted by Gasteiger charge is -2.23. The van der Waals surface area contributed by atoms with Gasteiger partial charge in [0, 0.05) is 22.1 Å². The Balaban J connectivity index is 1.19. The molecule has 0 radical (unpaired) electrons. The van der Waals surface area contributed by atoms with Gasteiger partial charge in [-0.05, 0) is 61.7 Å². The van der Waals surface area contributed by atoms with Crippen LogP contribution in [0, 0.1) is 11.3 Å². The average molecular weight is 679 g/mol. The molecule has 0 atom stereocenters. The van der Waals surface area contributed by atoms with E-state index < -0.39 is 0 Å². The van der Waals surface area contributed by atoms with Crippen molar-refractivity contribution in [3.05, 3.63) is 187 Å². The Morgan fingerprint density at radius 2 is 0.830 bits per heavy atom. The van der Waals surface area contributed by atoms with Gasteiger partial charge in [-0.2, -0.15) is 5.26 Å². The highest BCUT2D eigenvalue weighted by atomic mass is 15.0. The van der Waals surface area contributed by atoms with Gasteiger partial charge >= 0.3 is 0 Å². The molecule has 0 aliphatic heterocycles. The van der Waals surface area contributed by atoms with E-state index in [2.05, 4.69) is 105 Å². The molecule has 1 aliphatic rings. The van der Waals surface area contributed by atoms with E-state index in [4.69, 9.17) is 15.0 Å². The van der Waals surface area contributed by atoms with Gasteiger partial charge in [0.2, 0.25) is 0 Å². The lowest BCUT2D eigenvalue weighted by Crippen LogP contribution is -2.14. The van der Waals surface area contributed by atoms with E-state index in [0.29, 0.717) is 23.0 Å². The molecule has 9 rings (SSSR count). The van der Waals surface area contributed by atoms with Gasteiger partial charge in [0.05, 0.1) is 11.6 Å². The molecule has 1 aliphatic carbocycles. The van der Waals surface area contributed by atoms with Crippen LogP contribution >= 0.6 is 0 Å². The van der Waals surface area contributed by atoms with Gasteiger partial charge in [-0.3, -0.25) is 0 Å². The van der Waals surface area contributed by atoms with Crippen LogP contribution in [0.5, 0.6) is 0 Å². The molecule has 4 heteroatoms. The van der Waals surface area contributed by atoms with E-state index in [9.17, 15) is 5.26 Å². The molecule has 1 aromatic heterocycles. The first kappa shape index (κ1) is 32.0. The molecular weight excluding hydrogens is 645 g/mol. The Morgan fingerprint density at radius 1 is 0.377 bits per heavy atom.